The number of likely N-dealkylation sites (tertiary alicyclic amines) is 1. The molecule has 1 aliphatic rings. The zero-order valence-corrected chi connectivity index (χ0v) is 13.7. The van der Waals surface area contributed by atoms with Gasteiger partial charge >= 0.3 is 0 Å². The first-order valence-electron chi connectivity index (χ1n) is 6.90. The van der Waals surface area contributed by atoms with Crippen molar-refractivity contribution in [2.75, 3.05) is 26.2 Å². The maximum absolute atomic E-state index is 11.9. The summed E-state index contributed by atoms with van der Waals surface area (Å²) in [5.41, 5.74) is 0. The van der Waals surface area contributed by atoms with Gasteiger partial charge in [0.05, 0.1) is 0 Å². The van der Waals surface area contributed by atoms with Crippen LogP contribution in [-0.2, 0) is 0 Å². The van der Waals surface area contributed by atoms with E-state index in [2.05, 4.69) is 33.1 Å². The predicted octanol–water partition coefficient (Wildman–Crippen LogP) is 3.36. The Morgan fingerprint density at radius 2 is 2.26 bits per heavy atom. The number of amides is 1. The van der Waals surface area contributed by atoms with Crippen molar-refractivity contribution in [3.8, 4) is 0 Å². The molecular weight excluding hydrogens is 324 g/mol. The van der Waals surface area contributed by atoms with Gasteiger partial charge in [-0.25, -0.2) is 0 Å². The molecule has 3 nitrogen and oxygen atoms in total. The third-order valence-electron chi connectivity index (χ3n) is 3.64. The van der Waals surface area contributed by atoms with E-state index in [1.165, 1.54) is 37.3 Å². The van der Waals surface area contributed by atoms with Gasteiger partial charge in [-0.2, -0.15) is 0 Å². The van der Waals surface area contributed by atoms with Gasteiger partial charge in [-0.3, -0.25) is 4.79 Å². The summed E-state index contributed by atoms with van der Waals surface area (Å²) in [7, 11) is 0. The number of carbonyl (C=O) groups excluding carboxylic acids is 1. The number of rotatable bonds is 5. The Kier molecular flexibility index (Phi) is 5.85. The van der Waals surface area contributed by atoms with Crippen LogP contribution < -0.4 is 5.32 Å². The lowest BCUT2D eigenvalue weighted by molar-refractivity contribution is 0.0954. The number of carbonyl (C=O) groups is 1. The van der Waals surface area contributed by atoms with Crippen molar-refractivity contribution in [1.82, 2.24) is 10.2 Å². The summed E-state index contributed by atoms with van der Waals surface area (Å²) < 4.78 is 0.889. The topological polar surface area (TPSA) is 32.3 Å². The van der Waals surface area contributed by atoms with E-state index in [0.717, 1.165) is 34.8 Å². The number of hydrogen-bond acceptors (Lipinski definition) is 3. The van der Waals surface area contributed by atoms with E-state index < -0.39 is 0 Å². The summed E-state index contributed by atoms with van der Waals surface area (Å²) in [6.07, 6.45) is 3.66. The fraction of sp³-hybridized carbons (Fsp3) is 0.643. The minimum absolute atomic E-state index is 0.0362. The largest absolute Gasteiger partial charge is 0.351 e. The highest BCUT2D eigenvalue weighted by molar-refractivity contribution is 9.10. The van der Waals surface area contributed by atoms with Gasteiger partial charge in [0.2, 0.25) is 0 Å². The van der Waals surface area contributed by atoms with Gasteiger partial charge in [0, 0.05) is 11.0 Å². The minimum atomic E-state index is 0.0362. The molecule has 19 heavy (non-hydrogen) atoms. The SMILES string of the molecule is CC1CCN(CCCNC(=O)c2sccc2Br)CC1. The molecule has 1 aromatic rings. The van der Waals surface area contributed by atoms with Gasteiger partial charge in [-0.05, 0) is 72.2 Å². The smallest absolute Gasteiger partial charge is 0.262 e. The van der Waals surface area contributed by atoms with Crippen LogP contribution in [0.5, 0.6) is 0 Å². The first-order chi connectivity index (χ1) is 9.16. The Bertz CT molecular complexity index is 413. The van der Waals surface area contributed by atoms with E-state index in [0.29, 0.717) is 0 Å². The monoisotopic (exact) mass is 344 g/mol. The molecule has 1 aromatic heterocycles. The van der Waals surface area contributed by atoms with Gasteiger partial charge in [0.1, 0.15) is 4.88 Å². The fourth-order valence-corrected chi connectivity index (χ4v) is 3.79. The van der Waals surface area contributed by atoms with E-state index in [1.54, 1.807) is 0 Å². The molecule has 0 unspecified atom stereocenters. The lowest BCUT2D eigenvalue weighted by Gasteiger charge is -2.30. The molecule has 2 heterocycles. The highest BCUT2D eigenvalue weighted by atomic mass is 79.9. The molecular formula is C14H21BrN2OS. The van der Waals surface area contributed by atoms with Crippen LogP contribution in [0.25, 0.3) is 0 Å². The summed E-state index contributed by atoms with van der Waals surface area (Å²) in [6.45, 7) is 6.61. The quantitative estimate of drug-likeness (QED) is 0.830. The molecule has 1 N–H and O–H groups in total. The van der Waals surface area contributed by atoms with E-state index in [1.807, 2.05) is 11.4 Å². The second-order valence-corrected chi connectivity index (χ2v) is 7.00. The normalized spacial score (nSPS) is 17.6. The van der Waals surface area contributed by atoms with Crippen molar-refractivity contribution in [3.63, 3.8) is 0 Å². The third-order valence-corrected chi connectivity index (χ3v) is 5.47. The van der Waals surface area contributed by atoms with Crippen molar-refractivity contribution in [2.24, 2.45) is 5.92 Å². The van der Waals surface area contributed by atoms with Crippen molar-refractivity contribution in [1.29, 1.82) is 0 Å². The summed E-state index contributed by atoms with van der Waals surface area (Å²) in [4.78, 5) is 15.2. The van der Waals surface area contributed by atoms with Crippen molar-refractivity contribution >= 4 is 33.2 Å². The van der Waals surface area contributed by atoms with Crippen LogP contribution in [0.2, 0.25) is 0 Å². The lowest BCUT2D eigenvalue weighted by Crippen LogP contribution is -2.35. The average Bonchev–Trinajstić information content (AvgIpc) is 2.83. The zero-order valence-electron chi connectivity index (χ0n) is 11.3. The van der Waals surface area contributed by atoms with Crippen molar-refractivity contribution in [3.05, 3.63) is 20.8 Å². The van der Waals surface area contributed by atoms with Crippen LogP contribution in [0.4, 0.5) is 0 Å². The Labute approximate surface area is 127 Å². The van der Waals surface area contributed by atoms with Crippen molar-refractivity contribution in [2.45, 2.75) is 26.2 Å². The highest BCUT2D eigenvalue weighted by Gasteiger charge is 2.15. The first-order valence-corrected chi connectivity index (χ1v) is 8.57. The third kappa shape index (κ3) is 4.58. The van der Waals surface area contributed by atoms with Gasteiger partial charge in [-0.15, -0.1) is 11.3 Å². The number of nitrogens with one attached hydrogen (secondary N) is 1. The maximum Gasteiger partial charge on any atom is 0.262 e. The first kappa shape index (κ1) is 15.0. The Morgan fingerprint density at radius 1 is 1.53 bits per heavy atom. The number of piperidine rings is 1. The summed E-state index contributed by atoms with van der Waals surface area (Å²) in [5.74, 6) is 0.918. The van der Waals surface area contributed by atoms with Gasteiger partial charge in [-0.1, -0.05) is 6.92 Å². The molecule has 1 aliphatic heterocycles. The molecule has 106 valence electrons. The van der Waals surface area contributed by atoms with E-state index in [-0.39, 0.29) is 5.91 Å². The molecule has 0 saturated carbocycles. The summed E-state index contributed by atoms with van der Waals surface area (Å²) in [6, 6.07) is 1.91. The van der Waals surface area contributed by atoms with Crippen LogP contribution in [0, 0.1) is 5.92 Å². The molecule has 0 aliphatic carbocycles. The van der Waals surface area contributed by atoms with Gasteiger partial charge < -0.3 is 10.2 Å². The highest BCUT2D eigenvalue weighted by Crippen LogP contribution is 2.22. The molecule has 0 bridgehead atoms. The average molecular weight is 345 g/mol. The van der Waals surface area contributed by atoms with E-state index in [9.17, 15) is 4.79 Å². The lowest BCUT2D eigenvalue weighted by atomic mass is 9.99. The molecule has 1 fully saturated rings. The summed E-state index contributed by atoms with van der Waals surface area (Å²) in [5, 5.41) is 4.91. The minimum Gasteiger partial charge on any atom is -0.351 e. The molecule has 0 radical (unpaired) electrons. The number of nitrogens with zero attached hydrogens (tertiary/aromatic N) is 1. The molecule has 0 spiro atoms. The fourth-order valence-electron chi connectivity index (χ4n) is 2.33. The van der Waals surface area contributed by atoms with Crippen molar-refractivity contribution < 1.29 is 4.79 Å². The van der Waals surface area contributed by atoms with E-state index >= 15 is 0 Å². The zero-order chi connectivity index (χ0) is 13.7. The standard InChI is InChI=1S/C14H21BrN2OS/c1-11-3-8-17(9-4-11)7-2-6-16-14(18)13-12(15)5-10-19-13/h5,10-11H,2-4,6-9H2,1H3,(H,16,18). The molecule has 0 atom stereocenters. The summed E-state index contributed by atoms with van der Waals surface area (Å²) >= 11 is 4.86. The van der Waals surface area contributed by atoms with Crippen LogP contribution in [0.15, 0.2) is 15.9 Å². The Hall–Kier alpha value is -0.390. The van der Waals surface area contributed by atoms with E-state index in [4.69, 9.17) is 0 Å². The van der Waals surface area contributed by atoms with Crippen LogP contribution in [0.3, 0.4) is 0 Å². The van der Waals surface area contributed by atoms with Crippen LogP contribution in [0.1, 0.15) is 35.9 Å². The Balaban J connectivity index is 1.62. The second kappa shape index (κ2) is 7.41. The number of thiophene rings is 1. The Morgan fingerprint density at radius 3 is 2.89 bits per heavy atom. The van der Waals surface area contributed by atoms with Gasteiger partial charge in [0.15, 0.2) is 0 Å². The molecule has 1 amide bonds. The number of halogens is 1. The second-order valence-electron chi connectivity index (χ2n) is 5.23. The molecule has 2 rings (SSSR count). The maximum atomic E-state index is 11.9. The number of hydrogen-bond donors (Lipinski definition) is 1. The molecule has 0 aromatic carbocycles. The molecule has 5 heteroatoms. The predicted molar refractivity (Wildman–Crippen MR) is 83.8 cm³/mol. The van der Waals surface area contributed by atoms with Gasteiger partial charge in [0.25, 0.3) is 5.91 Å². The van der Waals surface area contributed by atoms with Crippen LogP contribution in [-0.4, -0.2) is 37.0 Å². The van der Waals surface area contributed by atoms with Crippen LogP contribution >= 0.6 is 27.3 Å². The molecule has 1 saturated heterocycles.